The first-order valence-corrected chi connectivity index (χ1v) is 10.5. The first kappa shape index (κ1) is 19.9. The second-order valence-corrected chi connectivity index (χ2v) is 9.14. The second-order valence-electron chi connectivity index (χ2n) is 5.49. The van der Waals surface area contributed by atoms with Gasteiger partial charge in [0.15, 0.2) is 0 Å². The lowest BCUT2D eigenvalue weighted by Crippen LogP contribution is -2.42. The summed E-state index contributed by atoms with van der Waals surface area (Å²) in [7, 11) is -3.62. The lowest BCUT2D eigenvalue weighted by Gasteiger charge is -2.25. The summed E-state index contributed by atoms with van der Waals surface area (Å²) in [4.78, 5) is 0. The van der Waals surface area contributed by atoms with Crippen LogP contribution in [0.3, 0.4) is 0 Å². The van der Waals surface area contributed by atoms with Crippen LogP contribution in [0.5, 0.6) is 0 Å². The number of thiophene rings is 1. The van der Waals surface area contributed by atoms with Gasteiger partial charge >= 0.3 is 0 Å². The molecule has 0 fully saturated rings. The zero-order valence-corrected chi connectivity index (χ0v) is 15.6. The first-order chi connectivity index (χ1) is 10.4. The minimum atomic E-state index is -3.62. The Labute approximate surface area is 142 Å². The van der Waals surface area contributed by atoms with E-state index in [-0.39, 0.29) is 16.7 Å². The van der Waals surface area contributed by atoms with Gasteiger partial charge in [-0.3, -0.25) is 0 Å². The molecule has 1 aromatic rings. The number of nitrogens with one attached hydrogen (secondary N) is 1. The number of rotatable bonds is 11. The summed E-state index contributed by atoms with van der Waals surface area (Å²) in [6.45, 7) is 4.00. The summed E-state index contributed by atoms with van der Waals surface area (Å²) < 4.78 is 27.9. The fraction of sp³-hybridized carbons (Fsp3) is 0.733. The van der Waals surface area contributed by atoms with Gasteiger partial charge in [-0.15, -0.1) is 11.3 Å². The Morgan fingerprint density at radius 3 is 2.50 bits per heavy atom. The highest BCUT2D eigenvalue weighted by Crippen LogP contribution is 2.27. The van der Waals surface area contributed by atoms with E-state index in [0.29, 0.717) is 4.34 Å². The highest BCUT2D eigenvalue weighted by molar-refractivity contribution is 7.91. The monoisotopic (exact) mass is 367 g/mol. The zero-order chi connectivity index (χ0) is 16.6. The lowest BCUT2D eigenvalue weighted by molar-refractivity contribution is 0.203. The highest BCUT2D eigenvalue weighted by Gasteiger charge is 2.26. The Bertz CT molecular complexity index is 531. The molecule has 0 amide bonds. The van der Waals surface area contributed by atoms with Gasteiger partial charge in [0.25, 0.3) is 0 Å². The van der Waals surface area contributed by atoms with Gasteiger partial charge in [0, 0.05) is 6.04 Å². The maximum atomic E-state index is 12.3. The molecule has 0 aliphatic heterocycles. The van der Waals surface area contributed by atoms with Crippen LogP contribution in [0, 0.1) is 5.92 Å². The molecular weight excluding hydrogens is 342 g/mol. The fourth-order valence-electron chi connectivity index (χ4n) is 2.51. The molecule has 7 heteroatoms. The van der Waals surface area contributed by atoms with Gasteiger partial charge in [0.1, 0.15) is 4.21 Å². The van der Waals surface area contributed by atoms with E-state index in [2.05, 4.69) is 11.6 Å². The molecule has 1 heterocycles. The van der Waals surface area contributed by atoms with Crippen molar-refractivity contribution in [2.45, 2.75) is 62.6 Å². The third-order valence-corrected chi connectivity index (χ3v) is 7.05. The lowest BCUT2D eigenvalue weighted by atomic mass is 9.92. The first-order valence-electron chi connectivity index (χ1n) is 7.83. The van der Waals surface area contributed by atoms with Crippen molar-refractivity contribution in [3.63, 3.8) is 0 Å². The summed E-state index contributed by atoms with van der Waals surface area (Å²) in [5.41, 5.74) is 0. The summed E-state index contributed by atoms with van der Waals surface area (Å²) >= 11 is 6.83. The Morgan fingerprint density at radius 2 is 2.00 bits per heavy atom. The molecular formula is C15H26ClNO3S2. The molecule has 1 rings (SSSR count). The summed E-state index contributed by atoms with van der Waals surface area (Å²) in [6.07, 6.45) is 6.35. The summed E-state index contributed by atoms with van der Waals surface area (Å²) in [6, 6.07) is 2.61. The Hall–Kier alpha value is -0.140. The molecule has 22 heavy (non-hydrogen) atoms. The van der Waals surface area contributed by atoms with Gasteiger partial charge in [0.05, 0.1) is 10.9 Å². The molecule has 0 aliphatic rings. The standard InChI is InChI=1S/C15H26ClNO3S2/c1-3-5-6-7-8-12(4-2)13(11-18)17-22(19,20)15-10-9-14(16)21-15/h9-10,12-13,17-18H,3-8,11H2,1-2H3/t12-,13+/m1/s1. The van der Waals surface area contributed by atoms with Crippen LogP contribution in [-0.2, 0) is 10.0 Å². The maximum absolute atomic E-state index is 12.3. The van der Waals surface area contributed by atoms with Crippen molar-refractivity contribution < 1.29 is 13.5 Å². The average Bonchev–Trinajstić information content (AvgIpc) is 2.93. The number of aliphatic hydroxyl groups excluding tert-OH is 1. The minimum Gasteiger partial charge on any atom is -0.395 e. The van der Waals surface area contributed by atoms with E-state index in [9.17, 15) is 13.5 Å². The Balaban J connectivity index is 2.68. The van der Waals surface area contributed by atoms with Gasteiger partial charge < -0.3 is 5.11 Å². The topological polar surface area (TPSA) is 66.4 Å². The molecule has 0 radical (unpaired) electrons. The molecule has 0 spiro atoms. The van der Waals surface area contributed by atoms with E-state index < -0.39 is 16.1 Å². The third-order valence-electron chi connectivity index (χ3n) is 3.84. The number of unbranched alkanes of at least 4 members (excludes halogenated alkanes) is 3. The molecule has 2 atom stereocenters. The maximum Gasteiger partial charge on any atom is 0.250 e. The van der Waals surface area contributed by atoms with Crippen LogP contribution in [0.1, 0.15) is 52.4 Å². The molecule has 0 unspecified atom stereocenters. The molecule has 128 valence electrons. The van der Waals surface area contributed by atoms with Crippen LogP contribution < -0.4 is 4.72 Å². The number of halogens is 1. The van der Waals surface area contributed by atoms with Crippen LogP contribution in [0.25, 0.3) is 0 Å². The van der Waals surface area contributed by atoms with Crippen molar-refractivity contribution in [2.75, 3.05) is 6.61 Å². The number of sulfonamides is 1. The smallest absolute Gasteiger partial charge is 0.250 e. The van der Waals surface area contributed by atoms with E-state index in [1.807, 2.05) is 6.92 Å². The Morgan fingerprint density at radius 1 is 1.27 bits per heavy atom. The molecule has 1 aromatic heterocycles. The van der Waals surface area contributed by atoms with Crippen molar-refractivity contribution in [3.05, 3.63) is 16.5 Å². The second kappa shape index (κ2) is 9.88. The van der Waals surface area contributed by atoms with Gasteiger partial charge in [-0.05, 0) is 24.5 Å². The van der Waals surface area contributed by atoms with Gasteiger partial charge in [-0.1, -0.05) is 57.6 Å². The molecule has 0 saturated carbocycles. The van der Waals surface area contributed by atoms with E-state index in [1.165, 1.54) is 18.9 Å². The van der Waals surface area contributed by atoms with Crippen molar-refractivity contribution >= 4 is 33.0 Å². The predicted octanol–water partition coefficient (Wildman–Crippen LogP) is 4.04. The van der Waals surface area contributed by atoms with Crippen molar-refractivity contribution in [2.24, 2.45) is 5.92 Å². The van der Waals surface area contributed by atoms with Crippen LogP contribution in [0.2, 0.25) is 4.34 Å². The minimum absolute atomic E-state index is 0.145. The van der Waals surface area contributed by atoms with Gasteiger partial charge in [-0.2, -0.15) is 0 Å². The SMILES string of the molecule is CCCCCC[C@@H](CC)[C@H](CO)NS(=O)(=O)c1ccc(Cl)s1. The molecule has 2 N–H and O–H groups in total. The average molecular weight is 368 g/mol. The summed E-state index contributed by atoms with van der Waals surface area (Å²) in [5.74, 6) is 0.145. The number of hydrogen-bond acceptors (Lipinski definition) is 4. The quantitative estimate of drug-likeness (QED) is 0.580. The summed E-state index contributed by atoms with van der Waals surface area (Å²) in [5, 5.41) is 9.60. The largest absolute Gasteiger partial charge is 0.395 e. The number of hydrogen-bond donors (Lipinski definition) is 2. The molecule has 0 bridgehead atoms. The van der Waals surface area contributed by atoms with Crippen LogP contribution >= 0.6 is 22.9 Å². The Kier molecular flexibility index (Phi) is 8.94. The predicted molar refractivity (Wildman–Crippen MR) is 93.1 cm³/mol. The molecule has 0 saturated heterocycles. The number of aliphatic hydroxyl groups is 1. The normalized spacial score (nSPS) is 14.9. The van der Waals surface area contributed by atoms with Crippen molar-refractivity contribution in [1.29, 1.82) is 0 Å². The van der Waals surface area contributed by atoms with Gasteiger partial charge in [0.2, 0.25) is 10.0 Å². The van der Waals surface area contributed by atoms with Crippen molar-refractivity contribution in [3.8, 4) is 0 Å². The van der Waals surface area contributed by atoms with Gasteiger partial charge in [-0.25, -0.2) is 13.1 Å². The highest BCUT2D eigenvalue weighted by atomic mass is 35.5. The van der Waals surface area contributed by atoms with Crippen LogP contribution in [0.15, 0.2) is 16.3 Å². The van der Waals surface area contributed by atoms with Crippen LogP contribution in [0.4, 0.5) is 0 Å². The van der Waals surface area contributed by atoms with E-state index >= 15 is 0 Å². The van der Waals surface area contributed by atoms with Crippen LogP contribution in [-0.4, -0.2) is 26.2 Å². The third kappa shape index (κ3) is 6.16. The van der Waals surface area contributed by atoms with E-state index in [1.54, 1.807) is 6.07 Å². The molecule has 0 aliphatic carbocycles. The zero-order valence-electron chi connectivity index (χ0n) is 13.2. The van der Waals surface area contributed by atoms with E-state index in [0.717, 1.165) is 37.0 Å². The fourth-order valence-corrected chi connectivity index (χ4v) is 5.30. The van der Waals surface area contributed by atoms with Crippen molar-refractivity contribution in [1.82, 2.24) is 4.72 Å². The van der Waals surface area contributed by atoms with E-state index in [4.69, 9.17) is 11.6 Å². The molecule has 4 nitrogen and oxygen atoms in total. The molecule has 0 aromatic carbocycles.